The zero-order valence-electron chi connectivity index (χ0n) is 10.4. The van der Waals surface area contributed by atoms with Crippen molar-refractivity contribution in [3.05, 3.63) is 21.7 Å². The molecule has 0 spiro atoms. The Kier molecular flexibility index (Phi) is 2.85. The maximum absolute atomic E-state index is 11.3. The zero-order chi connectivity index (χ0) is 14.3. The fourth-order valence-electron chi connectivity index (χ4n) is 2.39. The third-order valence-electron chi connectivity index (χ3n) is 3.77. The number of carboxylic acids is 1. The van der Waals surface area contributed by atoms with E-state index in [1.54, 1.807) is 11.6 Å². The summed E-state index contributed by atoms with van der Waals surface area (Å²) in [7, 11) is 0. The van der Waals surface area contributed by atoms with E-state index in [0.717, 1.165) is 6.42 Å². The van der Waals surface area contributed by atoms with E-state index < -0.39 is 16.3 Å². The second kappa shape index (κ2) is 4.44. The molecule has 0 bridgehead atoms. The molecular formula is C11H12N4O4S. The van der Waals surface area contributed by atoms with Crippen LogP contribution < -0.4 is 5.32 Å². The predicted octanol–water partition coefficient (Wildman–Crippen LogP) is 1.97. The number of aliphatic carboxylic acids is 1. The summed E-state index contributed by atoms with van der Waals surface area (Å²) >= 11 is 1.29. The molecule has 2 aromatic rings. The Morgan fingerprint density at radius 1 is 1.65 bits per heavy atom. The van der Waals surface area contributed by atoms with Crippen molar-refractivity contribution in [3.63, 3.8) is 0 Å². The number of aromatic nitrogens is 2. The molecule has 0 radical (unpaired) electrons. The minimum Gasteiger partial charge on any atom is -0.481 e. The van der Waals surface area contributed by atoms with E-state index in [4.69, 9.17) is 0 Å². The summed E-state index contributed by atoms with van der Waals surface area (Å²) < 4.78 is 1.39. The van der Waals surface area contributed by atoms with Crippen LogP contribution >= 0.6 is 11.3 Å². The second-order valence-corrected chi connectivity index (χ2v) is 5.76. The molecule has 0 unspecified atom stereocenters. The number of hydrogen-bond acceptors (Lipinski definition) is 6. The van der Waals surface area contributed by atoms with Gasteiger partial charge in [-0.15, -0.1) is 0 Å². The summed E-state index contributed by atoms with van der Waals surface area (Å²) in [6.07, 6.45) is 3.62. The average molecular weight is 296 g/mol. The maximum atomic E-state index is 11.3. The van der Waals surface area contributed by atoms with Crippen LogP contribution in [-0.2, 0) is 4.79 Å². The van der Waals surface area contributed by atoms with Crippen molar-refractivity contribution in [2.45, 2.75) is 19.3 Å². The number of rotatable bonds is 5. The summed E-state index contributed by atoms with van der Waals surface area (Å²) in [6, 6.07) is 0. The lowest BCUT2D eigenvalue weighted by atomic mass is 9.69. The van der Waals surface area contributed by atoms with Gasteiger partial charge in [0.15, 0.2) is 0 Å². The molecule has 0 aromatic carbocycles. The van der Waals surface area contributed by atoms with Crippen LogP contribution in [0.1, 0.15) is 19.3 Å². The lowest BCUT2D eigenvalue weighted by molar-refractivity contribution is -0.389. The molecule has 1 fully saturated rings. The van der Waals surface area contributed by atoms with Crippen LogP contribution in [0.2, 0.25) is 0 Å². The summed E-state index contributed by atoms with van der Waals surface area (Å²) in [5.41, 5.74) is -0.815. The number of thiazole rings is 1. The van der Waals surface area contributed by atoms with Crippen molar-refractivity contribution in [2.75, 3.05) is 11.9 Å². The largest absolute Gasteiger partial charge is 0.481 e. The molecule has 1 saturated carbocycles. The molecule has 8 nitrogen and oxygen atoms in total. The van der Waals surface area contributed by atoms with Crippen molar-refractivity contribution in [1.29, 1.82) is 0 Å². The molecule has 0 aliphatic heterocycles. The summed E-state index contributed by atoms with van der Waals surface area (Å²) in [4.78, 5) is 26.5. The standard InChI is InChI=1S/C11H12N4O4S/c16-9(17)11(2-1-3-11)6-12-7-8(15(18)19)14-4-5-20-10(14)13-7/h4-5,12H,1-3,6H2,(H,16,17). The summed E-state index contributed by atoms with van der Waals surface area (Å²) in [5, 5.41) is 24.9. The van der Waals surface area contributed by atoms with Gasteiger partial charge in [0.25, 0.3) is 4.96 Å². The van der Waals surface area contributed by atoms with Gasteiger partial charge in [0.1, 0.15) is 6.20 Å². The average Bonchev–Trinajstić information content (AvgIpc) is 2.85. The van der Waals surface area contributed by atoms with E-state index in [2.05, 4.69) is 10.3 Å². The number of nitrogens with zero attached hydrogens (tertiary/aromatic N) is 3. The molecule has 2 N–H and O–H groups in total. The van der Waals surface area contributed by atoms with E-state index in [1.165, 1.54) is 15.7 Å². The molecule has 0 amide bonds. The normalized spacial score (nSPS) is 16.8. The van der Waals surface area contributed by atoms with Crippen LogP contribution in [0.25, 0.3) is 4.96 Å². The van der Waals surface area contributed by atoms with Crippen LogP contribution in [0.3, 0.4) is 0 Å². The first-order chi connectivity index (χ1) is 9.53. The Morgan fingerprint density at radius 3 is 2.95 bits per heavy atom. The van der Waals surface area contributed by atoms with Crippen LogP contribution in [0.4, 0.5) is 11.6 Å². The van der Waals surface area contributed by atoms with Gasteiger partial charge in [-0.25, -0.2) is 0 Å². The van der Waals surface area contributed by atoms with Gasteiger partial charge >= 0.3 is 11.8 Å². The topological polar surface area (TPSA) is 110 Å². The molecule has 9 heteroatoms. The highest BCUT2D eigenvalue weighted by atomic mass is 32.1. The first kappa shape index (κ1) is 12.9. The molecule has 0 atom stereocenters. The van der Waals surface area contributed by atoms with Crippen molar-refractivity contribution in [1.82, 2.24) is 9.38 Å². The van der Waals surface area contributed by atoms with E-state index in [1.807, 2.05) is 0 Å². The molecule has 0 saturated heterocycles. The quantitative estimate of drug-likeness (QED) is 0.644. The van der Waals surface area contributed by atoms with Gasteiger partial charge in [-0.05, 0) is 17.8 Å². The number of hydrogen-bond donors (Lipinski definition) is 2. The smallest absolute Gasteiger partial charge is 0.372 e. The Balaban J connectivity index is 1.87. The van der Waals surface area contributed by atoms with E-state index >= 15 is 0 Å². The van der Waals surface area contributed by atoms with Gasteiger partial charge in [-0.1, -0.05) is 17.8 Å². The third-order valence-corrected chi connectivity index (χ3v) is 4.52. The van der Waals surface area contributed by atoms with Crippen LogP contribution in [0, 0.1) is 15.5 Å². The van der Waals surface area contributed by atoms with Gasteiger partial charge < -0.3 is 20.5 Å². The van der Waals surface area contributed by atoms with Crippen molar-refractivity contribution >= 4 is 33.9 Å². The number of anilines is 1. The van der Waals surface area contributed by atoms with Crippen molar-refractivity contribution in [2.24, 2.45) is 5.41 Å². The monoisotopic (exact) mass is 296 g/mol. The molecule has 2 aromatic heterocycles. The molecule has 3 rings (SSSR count). The lowest BCUT2D eigenvalue weighted by Crippen LogP contribution is -2.43. The number of fused-ring (bicyclic) bond motifs is 1. The number of nitro groups is 1. The number of imidazole rings is 1. The fourth-order valence-corrected chi connectivity index (χ4v) is 3.10. The lowest BCUT2D eigenvalue weighted by Gasteiger charge is -2.37. The van der Waals surface area contributed by atoms with Crippen molar-refractivity contribution in [3.8, 4) is 0 Å². The molecule has 1 aliphatic rings. The van der Waals surface area contributed by atoms with Gasteiger partial charge in [0.2, 0.25) is 5.82 Å². The second-order valence-electron chi connectivity index (χ2n) is 4.89. The minimum absolute atomic E-state index is 0.134. The van der Waals surface area contributed by atoms with E-state index in [0.29, 0.717) is 17.8 Å². The number of carboxylic acid groups (broad SMARTS) is 1. The first-order valence-corrected chi connectivity index (χ1v) is 6.99. The summed E-state index contributed by atoms with van der Waals surface area (Å²) in [5.74, 6) is -0.879. The summed E-state index contributed by atoms with van der Waals surface area (Å²) in [6.45, 7) is 0.161. The van der Waals surface area contributed by atoms with Crippen LogP contribution in [0.5, 0.6) is 0 Å². The number of carbonyl (C=O) groups is 1. The Hall–Kier alpha value is -2.16. The highest BCUT2D eigenvalue weighted by Gasteiger charge is 2.44. The first-order valence-electron chi connectivity index (χ1n) is 6.11. The predicted molar refractivity (Wildman–Crippen MR) is 72.1 cm³/mol. The third kappa shape index (κ3) is 1.82. The number of nitrogens with one attached hydrogen (secondary N) is 1. The Labute approximate surface area is 117 Å². The van der Waals surface area contributed by atoms with Crippen LogP contribution in [-0.4, -0.2) is 31.9 Å². The van der Waals surface area contributed by atoms with Gasteiger partial charge in [0.05, 0.1) is 5.41 Å². The molecular weight excluding hydrogens is 284 g/mol. The van der Waals surface area contributed by atoms with E-state index in [-0.39, 0.29) is 18.2 Å². The highest BCUT2D eigenvalue weighted by Crippen LogP contribution is 2.41. The highest BCUT2D eigenvalue weighted by molar-refractivity contribution is 7.15. The minimum atomic E-state index is -0.861. The van der Waals surface area contributed by atoms with Gasteiger partial charge in [-0.2, -0.15) is 9.38 Å². The zero-order valence-corrected chi connectivity index (χ0v) is 11.2. The van der Waals surface area contributed by atoms with Crippen molar-refractivity contribution < 1.29 is 14.8 Å². The maximum Gasteiger partial charge on any atom is 0.372 e. The molecule has 106 valence electrons. The Morgan fingerprint density at radius 2 is 2.40 bits per heavy atom. The molecule has 2 heterocycles. The van der Waals surface area contributed by atoms with Gasteiger partial charge in [0, 0.05) is 11.9 Å². The molecule has 20 heavy (non-hydrogen) atoms. The van der Waals surface area contributed by atoms with Gasteiger partial charge in [-0.3, -0.25) is 4.79 Å². The Bertz CT molecular complexity index is 688. The SMILES string of the molecule is O=C(O)C1(CNc2nc3sccn3c2[N+](=O)[O-])CCC1. The van der Waals surface area contributed by atoms with Crippen LogP contribution in [0.15, 0.2) is 11.6 Å². The molecule has 1 aliphatic carbocycles. The van der Waals surface area contributed by atoms with E-state index in [9.17, 15) is 20.0 Å². The fraction of sp³-hybridized carbons (Fsp3) is 0.455.